The molecule has 25 heavy (non-hydrogen) atoms. The molecule has 3 rings (SSSR count). The number of carbonyl (C=O) groups is 1. The number of rotatable bonds is 6. The Morgan fingerprint density at radius 3 is 2.76 bits per heavy atom. The molecule has 2 aromatic heterocycles. The molecule has 0 fully saturated rings. The van der Waals surface area contributed by atoms with Crippen molar-refractivity contribution in [2.24, 2.45) is 0 Å². The van der Waals surface area contributed by atoms with Gasteiger partial charge in [-0.2, -0.15) is 13.9 Å². The maximum Gasteiger partial charge on any atom is 0.387 e. The molecule has 0 aliphatic rings. The number of Topliss-reactive ketones (excluding diaryl/α,β-unsaturated/α-hetero) is 1. The average Bonchev–Trinajstić information content (AvgIpc) is 2.97. The lowest BCUT2D eigenvalue weighted by molar-refractivity contribution is -0.117. The topological polar surface area (TPSA) is 57.0 Å². The molecule has 0 amide bonds. The average molecular weight is 349 g/mol. The van der Waals surface area contributed by atoms with E-state index in [-0.39, 0.29) is 5.78 Å². The van der Waals surface area contributed by atoms with Crippen LogP contribution in [0.15, 0.2) is 36.7 Å². The number of ketones is 1. The molecule has 0 radical (unpaired) electrons. The van der Waals surface area contributed by atoms with E-state index in [9.17, 15) is 18.0 Å². The van der Waals surface area contributed by atoms with Crippen molar-refractivity contribution in [3.63, 3.8) is 0 Å². The number of pyridine rings is 1. The Bertz CT molecular complexity index is 925. The van der Waals surface area contributed by atoms with Crippen molar-refractivity contribution in [2.75, 3.05) is 0 Å². The van der Waals surface area contributed by atoms with Crippen molar-refractivity contribution in [1.29, 1.82) is 0 Å². The number of aromatic nitrogens is 3. The third kappa shape index (κ3) is 3.78. The van der Waals surface area contributed by atoms with E-state index in [1.165, 1.54) is 19.1 Å². The molecule has 2 heterocycles. The van der Waals surface area contributed by atoms with Gasteiger partial charge in [-0.3, -0.25) is 14.5 Å². The summed E-state index contributed by atoms with van der Waals surface area (Å²) < 4.78 is 44.1. The number of ether oxygens (including phenoxy) is 1. The second-order valence-electron chi connectivity index (χ2n) is 5.47. The summed E-state index contributed by atoms with van der Waals surface area (Å²) in [7, 11) is 0. The van der Waals surface area contributed by atoms with E-state index in [0.29, 0.717) is 35.1 Å². The van der Waals surface area contributed by atoms with Gasteiger partial charge in [0.2, 0.25) is 0 Å². The molecule has 0 saturated carbocycles. The number of hydrogen-bond acceptors (Lipinski definition) is 4. The third-order valence-corrected chi connectivity index (χ3v) is 3.65. The van der Waals surface area contributed by atoms with Crippen molar-refractivity contribution in [3.8, 4) is 16.9 Å². The summed E-state index contributed by atoms with van der Waals surface area (Å²) in [6, 6.07) is 5.46. The van der Waals surface area contributed by atoms with Crippen LogP contribution >= 0.6 is 0 Å². The van der Waals surface area contributed by atoms with Gasteiger partial charge in [-0.15, -0.1) is 0 Å². The van der Waals surface area contributed by atoms with Crippen LogP contribution in [0.2, 0.25) is 0 Å². The standard InChI is InChI=1S/C17H14F3N3O2/c1-10(24)4-5-23-15-6-12(8-21-14(15)9-22-23)11-2-3-13(18)16(7-11)25-17(19)20/h2-3,6-9,17H,4-5H2,1H3. The maximum atomic E-state index is 13.6. The van der Waals surface area contributed by atoms with Crippen LogP contribution in [0.25, 0.3) is 22.2 Å². The van der Waals surface area contributed by atoms with Crippen LogP contribution in [0.5, 0.6) is 5.75 Å². The number of benzene rings is 1. The van der Waals surface area contributed by atoms with Crippen LogP contribution < -0.4 is 4.74 Å². The van der Waals surface area contributed by atoms with Gasteiger partial charge in [0.1, 0.15) is 11.3 Å². The normalized spacial score (nSPS) is 11.2. The van der Waals surface area contributed by atoms with Crippen LogP contribution in [0, 0.1) is 5.82 Å². The molecule has 0 bridgehead atoms. The fraction of sp³-hybridized carbons (Fsp3) is 0.235. The van der Waals surface area contributed by atoms with Crippen LogP contribution in [-0.2, 0) is 11.3 Å². The van der Waals surface area contributed by atoms with Crippen LogP contribution in [0.1, 0.15) is 13.3 Å². The minimum atomic E-state index is -3.11. The van der Waals surface area contributed by atoms with E-state index in [1.54, 1.807) is 23.1 Å². The first-order valence-corrected chi connectivity index (χ1v) is 7.50. The van der Waals surface area contributed by atoms with Crippen molar-refractivity contribution in [3.05, 3.63) is 42.5 Å². The zero-order chi connectivity index (χ0) is 18.0. The first-order chi connectivity index (χ1) is 11.9. The van der Waals surface area contributed by atoms with Gasteiger partial charge in [0.05, 0.1) is 11.7 Å². The summed E-state index contributed by atoms with van der Waals surface area (Å²) in [5.74, 6) is -1.36. The first-order valence-electron chi connectivity index (χ1n) is 7.50. The highest BCUT2D eigenvalue weighted by Gasteiger charge is 2.13. The fourth-order valence-electron chi connectivity index (χ4n) is 2.43. The van der Waals surface area contributed by atoms with Gasteiger partial charge >= 0.3 is 6.61 Å². The highest BCUT2D eigenvalue weighted by Crippen LogP contribution is 2.29. The number of hydrogen-bond donors (Lipinski definition) is 0. The van der Waals surface area contributed by atoms with Gasteiger partial charge in [0, 0.05) is 24.7 Å². The van der Waals surface area contributed by atoms with Gasteiger partial charge in [-0.1, -0.05) is 6.07 Å². The van der Waals surface area contributed by atoms with E-state index in [2.05, 4.69) is 14.8 Å². The van der Waals surface area contributed by atoms with Crippen LogP contribution in [-0.4, -0.2) is 27.2 Å². The van der Waals surface area contributed by atoms with Gasteiger partial charge in [-0.25, -0.2) is 4.39 Å². The fourth-order valence-corrected chi connectivity index (χ4v) is 2.43. The van der Waals surface area contributed by atoms with Gasteiger partial charge in [-0.05, 0) is 30.7 Å². The molecule has 0 aliphatic heterocycles. The van der Waals surface area contributed by atoms with Crippen molar-refractivity contribution in [2.45, 2.75) is 26.5 Å². The smallest absolute Gasteiger partial charge is 0.387 e. The minimum Gasteiger partial charge on any atom is -0.432 e. The van der Waals surface area contributed by atoms with Gasteiger partial charge < -0.3 is 4.74 Å². The molecule has 0 aliphatic carbocycles. The molecule has 130 valence electrons. The van der Waals surface area contributed by atoms with E-state index in [4.69, 9.17) is 0 Å². The third-order valence-electron chi connectivity index (χ3n) is 3.65. The number of carbonyl (C=O) groups excluding carboxylic acids is 1. The van der Waals surface area contributed by atoms with Crippen molar-refractivity contribution >= 4 is 16.8 Å². The maximum absolute atomic E-state index is 13.6. The molecule has 1 aromatic carbocycles. The van der Waals surface area contributed by atoms with E-state index in [0.717, 1.165) is 6.07 Å². The SMILES string of the molecule is CC(=O)CCn1ncc2ncc(-c3ccc(F)c(OC(F)F)c3)cc21. The minimum absolute atomic E-state index is 0.0417. The number of halogens is 3. The van der Waals surface area contributed by atoms with E-state index in [1.807, 2.05) is 0 Å². The molecule has 0 N–H and O–H groups in total. The largest absolute Gasteiger partial charge is 0.432 e. The second-order valence-corrected chi connectivity index (χ2v) is 5.47. The van der Waals surface area contributed by atoms with Crippen LogP contribution in [0.4, 0.5) is 13.2 Å². The van der Waals surface area contributed by atoms with Crippen molar-refractivity contribution in [1.82, 2.24) is 14.8 Å². The first kappa shape index (κ1) is 16.9. The number of fused-ring (bicyclic) bond motifs is 1. The Morgan fingerprint density at radius 1 is 1.24 bits per heavy atom. The van der Waals surface area contributed by atoms with E-state index >= 15 is 0 Å². The summed E-state index contributed by atoms with van der Waals surface area (Å²) in [6.07, 6.45) is 3.46. The summed E-state index contributed by atoms with van der Waals surface area (Å²) >= 11 is 0. The molecule has 0 spiro atoms. The Morgan fingerprint density at radius 2 is 2.04 bits per heavy atom. The van der Waals surface area contributed by atoms with E-state index < -0.39 is 18.2 Å². The Labute approximate surface area is 141 Å². The summed E-state index contributed by atoms with van der Waals surface area (Å²) in [4.78, 5) is 15.4. The predicted octanol–water partition coefficient (Wildman–Crippen LogP) is 3.82. The van der Waals surface area contributed by atoms with Gasteiger partial charge in [0.25, 0.3) is 0 Å². The number of nitrogens with zero attached hydrogens (tertiary/aromatic N) is 3. The molecule has 0 atom stereocenters. The monoisotopic (exact) mass is 349 g/mol. The highest BCUT2D eigenvalue weighted by atomic mass is 19.3. The highest BCUT2D eigenvalue weighted by molar-refractivity contribution is 5.81. The van der Waals surface area contributed by atoms with Gasteiger partial charge in [0.15, 0.2) is 11.6 Å². The summed E-state index contributed by atoms with van der Waals surface area (Å²) in [6.45, 7) is -1.20. The van der Waals surface area contributed by atoms with Crippen molar-refractivity contribution < 1.29 is 22.7 Å². The summed E-state index contributed by atoms with van der Waals surface area (Å²) in [5, 5.41) is 4.19. The Kier molecular flexibility index (Phi) is 4.69. The van der Waals surface area contributed by atoms with Crippen LogP contribution in [0.3, 0.4) is 0 Å². The number of aryl methyl sites for hydroxylation is 1. The lowest BCUT2D eigenvalue weighted by atomic mass is 10.1. The lowest BCUT2D eigenvalue weighted by Gasteiger charge is -2.09. The quantitative estimate of drug-likeness (QED) is 0.679. The molecular weight excluding hydrogens is 335 g/mol. The molecule has 8 heteroatoms. The molecule has 0 unspecified atom stereocenters. The summed E-state index contributed by atoms with van der Waals surface area (Å²) in [5.41, 5.74) is 2.40. The second kappa shape index (κ2) is 6.92. The lowest BCUT2D eigenvalue weighted by Crippen LogP contribution is -2.04. The molecule has 5 nitrogen and oxygen atoms in total. The number of alkyl halides is 2. The molecule has 0 saturated heterocycles. The zero-order valence-corrected chi connectivity index (χ0v) is 13.2. The Balaban J connectivity index is 1.98. The predicted molar refractivity (Wildman–Crippen MR) is 84.9 cm³/mol. The molecular formula is C17H14F3N3O2. The zero-order valence-electron chi connectivity index (χ0n) is 13.2. The Hall–Kier alpha value is -2.90. The molecule has 3 aromatic rings.